The molecule has 1 N–H and O–H groups in total. The van der Waals surface area contributed by atoms with E-state index < -0.39 is 0 Å². The summed E-state index contributed by atoms with van der Waals surface area (Å²) in [5.74, 6) is 1.15. The lowest BCUT2D eigenvalue weighted by molar-refractivity contribution is 0.301. The van der Waals surface area contributed by atoms with Gasteiger partial charge in [0.25, 0.3) is 0 Å². The average molecular weight is 261 g/mol. The Morgan fingerprint density at radius 1 is 1.32 bits per heavy atom. The van der Waals surface area contributed by atoms with E-state index >= 15 is 0 Å². The first-order valence-electron chi connectivity index (χ1n) is 7.63. The van der Waals surface area contributed by atoms with Crippen LogP contribution >= 0.6 is 0 Å². The van der Waals surface area contributed by atoms with E-state index in [1.165, 1.54) is 24.8 Å². The SMILES string of the molecule is CCNCc1ccnc(N2CCC(CC)(CC)C2)c1. The van der Waals surface area contributed by atoms with E-state index in [-0.39, 0.29) is 0 Å². The van der Waals surface area contributed by atoms with Crippen LogP contribution in [0, 0.1) is 5.41 Å². The van der Waals surface area contributed by atoms with Gasteiger partial charge in [-0.05, 0) is 48.9 Å². The van der Waals surface area contributed by atoms with E-state index in [0.29, 0.717) is 5.41 Å². The Balaban J connectivity index is 2.06. The highest BCUT2D eigenvalue weighted by Gasteiger charge is 2.35. The van der Waals surface area contributed by atoms with E-state index in [2.05, 4.69) is 48.1 Å². The van der Waals surface area contributed by atoms with E-state index in [9.17, 15) is 0 Å². The quantitative estimate of drug-likeness (QED) is 0.852. The summed E-state index contributed by atoms with van der Waals surface area (Å²) in [5.41, 5.74) is 1.84. The van der Waals surface area contributed by atoms with Crippen molar-refractivity contribution >= 4 is 5.82 Å². The van der Waals surface area contributed by atoms with E-state index in [0.717, 1.165) is 32.0 Å². The fourth-order valence-electron chi connectivity index (χ4n) is 2.97. The first-order chi connectivity index (χ1) is 9.23. The van der Waals surface area contributed by atoms with Crippen LogP contribution in [0.3, 0.4) is 0 Å². The maximum atomic E-state index is 4.56. The summed E-state index contributed by atoms with van der Waals surface area (Å²) in [7, 11) is 0. The van der Waals surface area contributed by atoms with Crippen LogP contribution in [0.5, 0.6) is 0 Å². The van der Waals surface area contributed by atoms with Gasteiger partial charge >= 0.3 is 0 Å². The molecule has 0 unspecified atom stereocenters. The summed E-state index contributed by atoms with van der Waals surface area (Å²) >= 11 is 0. The first-order valence-corrected chi connectivity index (χ1v) is 7.63. The number of nitrogens with one attached hydrogen (secondary N) is 1. The summed E-state index contributed by atoms with van der Waals surface area (Å²) in [6.07, 6.45) is 5.80. The molecule has 19 heavy (non-hydrogen) atoms. The number of nitrogens with zero attached hydrogens (tertiary/aromatic N) is 2. The molecule has 3 nitrogen and oxygen atoms in total. The van der Waals surface area contributed by atoms with Crippen molar-refractivity contribution in [2.75, 3.05) is 24.5 Å². The second-order valence-corrected chi connectivity index (χ2v) is 5.68. The maximum absolute atomic E-state index is 4.56. The third-order valence-electron chi connectivity index (χ3n) is 4.65. The monoisotopic (exact) mass is 261 g/mol. The van der Waals surface area contributed by atoms with Crippen LogP contribution < -0.4 is 10.2 Å². The summed E-state index contributed by atoms with van der Waals surface area (Å²) < 4.78 is 0. The fraction of sp³-hybridized carbons (Fsp3) is 0.688. The lowest BCUT2D eigenvalue weighted by atomic mass is 9.82. The molecule has 0 aromatic carbocycles. The van der Waals surface area contributed by atoms with Gasteiger partial charge in [-0.25, -0.2) is 4.98 Å². The minimum atomic E-state index is 0.513. The molecule has 1 fully saturated rings. The van der Waals surface area contributed by atoms with Crippen LogP contribution in [0.25, 0.3) is 0 Å². The van der Waals surface area contributed by atoms with Crippen molar-refractivity contribution in [3.63, 3.8) is 0 Å². The van der Waals surface area contributed by atoms with Crippen LogP contribution in [-0.4, -0.2) is 24.6 Å². The maximum Gasteiger partial charge on any atom is 0.128 e. The largest absolute Gasteiger partial charge is 0.356 e. The zero-order chi connectivity index (χ0) is 13.7. The second-order valence-electron chi connectivity index (χ2n) is 5.68. The number of anilines is 1. The van der Waals surface area contributed by atoms with Gasteiger partial charge in [0.15, 0.2) is 0 Å². The molecule has 0 spiro atoms. The van der Waals surface area contributed by atoms with Gasteiger partial charge in [0.2, 0.25) is 0 Å². The molecule has 0 aliphatic carbocycles. The minimum Gasteiger partial charge on any atom is -0.356 e. The number of rotatable bonds is 6. The lowest BCUT2D eigenvalue weighted by Crippen LogP contribution is -2.26. The third-order valence-corrected chi connectivity index (χ3v) is 4.65. The second kappa shape index (κ2) is 6.38. The molecule has 1 aliphatic heterocycles. The number of pyridine rings is 1. The van der Waals surface area contributed by atoms with Crippen LogP contribution in [0.4, 0.5) is 5.82 Å². The minimum absolute atomic E-state index is 0.513. The van der Waals surface area contributed by atoms with Gasteiger partial charge in [0.1, 0.15) is 5.82 Å². The van der Waals surface area contributed by atoms with Crippen molar-refractivity contribution in [2.45, 2.75) is 46.6 Å². The Morgan fingerprint density at radius 3 is 2.74 bits per heavy atom. The smallest absolute Gasteiger partial charge is 0.128 e. The van der Waals surface area contributed by atoms with E-state index in [1.807, 2.05) is 6.20 Å². The van der Waals surface area contributed by atoms with Crippen molar-refractivity contribution in [1.82, 2.24) is 10.3 Å². The molecule has 106 valence electrons. The molecule has 2 heterocycles. The Morgan fingerprint density at radius 2 is 2.11 bits per heavy atom. The molecule has 1 aromatic rings. The van der Waals surface area contributed by atoms with Crippen molar-refractivity contribution in [3.05, 3.63) is 23.9 Å². The lowest BCUT2D eigenvalue weighted by Gasteiger charge is -2.26. The van der Waals surface area contributed by atoms with E-state index in [1.54, 1.807) is 0 Å². The number of hydrogen-bond donors (Lipinski definition) is 1. The standard InChI is InChI=1S/C16H27N3/c1-4-16(5-2)8-10-19(13-16)15-11-14(7-9-18-15)12-17-6-3/h7,9,11,17H,4-6,8,10,12-13H2,1-3H3. The Hall–Kier alpha value is -1.09. The highest BCUT2D eigenvalue weighted by atomic mass is 15.2. The van der Waals surface area contributed by atoms with Gasteiger partial charge in [0, 0.05) is 25.8 Å². The van der Waals surface area contributed by atoms with Crippen LogP contribution in [-0.2, 0) is 6.54 Å². The van der Waals surface area contributed by atoms with Crippen LogP contribution in [0.2, 0.25) is 0 Å². The topological polar surface area (TPSA) is 28.2 Å². The third kappa shape index (κ3) is 3.27. The Labute approximate surface area is 117 Å². The van der Waals surface area contributed by atoms with Crippen molar-refractivity contribution in [3.8, 4) is 0 Å². The van der Waals surface area contributed by atoms with Gasteiger partial charge in [-0.3, -0.25) is 0 Å². The summed E-state index contributed by atoms with van der Waals surface area (Å²) in [6, 6.07) is 4.35. The van der Waals surface area contributed by atoms with Gasteiger partial charge in [-0.1, -0.05) is 20.8 Å². The van der Waals surface area contributed by atoms with Crippen LogP contribution in [0.15, 0.2) is 18.3 Å². The molecule has 0 saturated carbocycles. The highest BCUT2D eigenvalue weighted by molar-refractivity contribution is 5.42. The summed E-state index contributed by atoms with van der Waals surface area (Å²) in [4.78, 5) is 7.02. The van der Waals surface area contributed by atoms with Crippen molar-refractivity contribution in [2.24, 2.45) is 5.41 Å². The van der Waals surface area contributed by atoms with Crippen LogP contribution in [0.1, 0.15) is 45.6 Å². The molecule has 0 radical (unpaired) electrons. The predicted molar refractivity (Wildman–Crippen MR) is 81.5 cm³/mol. The van der Waals surface area contributed by atoms with Gasteiger partial charge in [-0.2, -0.15) is 0 Å². The summed E-state index contributed by atoms with van der Waals surface area (Å²) in [6.45, 7) is 11.0. The van der Waals surface area contributed by atoms with Gasteiger partial charge in [-0.15, -0.1) is 0 Å². The molecule has 1 aliphatic rings. The average Bonchev–Trinajstić information content (AvgIpc) is 2.91. The summed E-state index contributed by atoms with van der Waals surface area (Å²) in [5, 5.41) is 3.37. The van der Waals surface area contributed by atoms with Crippen molar-refractivity contribution in [1.29, 1.82) is 0 Å². The molecule has 2 rings (SSSR count). The normalized spacial score (nSPS) is 17.9. The number of hydrogen-bond acceptors (Lipinski definition) is 3. The Kier molecular flexibility index (Phi) is 4.81. The zero-order valence-corrected chi connectivity index (χ0v) is 12.6. The number of aromatic nitrogens is 1. The first kappa shape index (κ1) is 14.3. The van der Waals surface area contributed by atoms with E-state index in [4.69, 9.17) is 0 Å². The molecular formula is C16H27N3. The molecule has 0 atom stereocenters. The molecule has 1 saturated heterocycles. The predicted octanol–water partition coefficient (Wildman–Crippen LogP) is 3.21. The highest BCUT2D eigenvalue weighted by Crippen LogP contribution is 2.38. The Bertz CT molecular complexity index is 399. The molecule has 1 aromatic heterocycles. The molecular weight excluding hydrogens is 234 g/mol. The molecule has 0 bridgehead atoms. The fourth-order valence-corrected chi connectivity index (χ4v) is 2.97. The van der Waals surface area contributed by atoms with Gasteiger partial charge in [0.05, 0.1) is 0 Å². The van der Waals surface area contributed by atoms with Crippen molar-refractivity contribution < 1.29 is 0 Å². The van der Waals surface area contributed by atoms with Gasteiger partial charge < -0.3 is 10.2 Å². The zero-order valence-electron chi connectivity index (χ0n) is 12.6. The molecule has 0 amide bonds. The molecule has 3 heteroatoms.